The Labute approximate surface area is 153 Å². The number of rotatable bonds is 4. The third-order valence-electron chi connectivity index (χ3n) is 4.82. The molecule has 0 bridgehead atoms. The molecule has 2 aromatic carbocycles. The van der Waals surface area contributed by atoms with Crippen molar-refractivity contribution >= 4 is 33.0 Å². The number of para-hydroxylation sites is 1. The van der Waals surface area contributed by atoms with Crippen LogP contribution in [0.15, 0.2) is 53.4 Å². The van der Waals surface area contributed by atoms with E-state index in [-0.39, 0.29) is 10.8 Å². The van der Waals surface area contributed by atoms with E-state index < -0.39 is 15.3 Å². The van der Waals surface area contributed by atoms with Gasteiger partial charge in [-0.15, -0.1) is 0 Å². The van der Waals surface area contributed by atoms with Crippen molar-refractivity contribution in [2.24, 2.45) is 0 Å². The number of carbonyl (C=O) groups excluding carboxylic acids is 1. The van der Waals surface area contributed by atoms with E-state index in [2.05, 4.69) is 5.32 Å². The van der Waals surface area contributed by atoms with Gasteiger partial charge in [0, 0.05) is 11.3 Å². The Bertz CT molecular complexity index is 885. The minimum Gasteiger partial charge on any atom is -0.324 e. The Kier molecular flexibility index (Phi) is 4.89. The summed E-state index contributed by atoms with van der Waals surface area (Å²) in [5.74, 6) is -0.163. The number of benzene rings is 2. The van der Waals surface area contributed by atoms with E-state index >= 15 is 0 Å². The predicted molar refractivity (Wildman–Crippen MR) is 99.8 cm³/mol. The third-order valence-corrected chi connectivity index (χ3v) is 6.23. The molecule has 0 saturated heterocycles. The van der Waals surface area contributed by atoms with Crippen molar-refractivity contribution in [3.63, 3.8) is 0 Å². The van der Waals surface area contributed by atoms with Crippen molar-refractivity contribution < 1.29 is 13.2 Å². The molecule has 0 aliphatic heterocycles. The highest BCUT2D eigenvalue weighted by Gasteiger charge is 2.43. The van der Waals surface area contributed by atoms with Crippen LogP contribution in [-0.4, -0.2) is 20.6 Å². The second-order valence-electron chi connectivity index (χ2n) is 6.52. The van der Waals surface area contributed by atoms with Gasteiger partial charge >= 0.3 is 0 Å². The fourth-order valence-electron chi connectivity index (χ4n) is 3.53. The van der Waals surface area contributed by atoms with Gasteiger partial charge in [-0.2, -0.15) is 0 Å². The van der Waals surface area contributed by atoms with E-state index in [9.17, 15) is 13.2 Å². The van der Waals surface area contributed by atoms with Crippen molar-refractivity contribution in [1.82, 2.24) is 0 Å². The number of halogens is 1. The fraction of sp³-hybridized carbons (Fsp3) is 0.316. The first-order chi connectivity index (χ1) is 11.8. The van der Waals surface area contributed by atoms with Crippen LogP contribution in [0.1, 0.15) is 31.2 Å². The summed E-state index contributed by atoms with van der Waals surface area (Å²) >= 11 is 5.98. The number of carbonyl (C=O) groups is 1. The van der Waals surface area contributed by atoms with Crippen molar-refractivity contribution in [3.05, 3.63) is 59.1 Å². The van der Waals surface area contributed by atoms with Crippen LogP contribution in [0.25, 0.3) is 0 Å². The van der Waals surface area contributed by atoms with E-state index in [4.69, 9.17) is 11.6 Å². The van der Waals surface area contributed by atoms with Crippen LogP contribution in [0.4, 0.5) is 5.69 Å². The number of anilines is 1. The first-order valence-corrected chi connectivity index (χ1v) is 10.5. The molecule has 1 saturated carbocycles. The second kappa shape index (κ2) is 6.81. The lowest BCUT2D eigenvalue weighted by atomic mass is 9.78. The van der Waals surface area contributed by atoms with Crippen LogP contribution >= 0.6 is 11.6 Å². The molecule has 3 rings (SSSR count). The Morgan fingerprint density at radius 3 is 2.24 bits per heavy atom. The van der Waals surface area contributed by atoms with Crippen LogP contribution in [0.3, 0.4) is 0 Å². The molecule has 132 valence electrons. The summed E-state index contributed by atoms with van der Waals surface area (Å²) in [6.45, 7) is 0. The van der Waals surface area contributed by atoms with Gasteiger partial charge in [0.15, 0.2) is 9.84 Å². The Balaban J connectivity index is 1.97. The smallest absolute Gasteiger partial charge is 0.235 e. The second-order valence-corrected chi connectivity index (χ2v) is 8.94. The van der Waals surface area contributed by atoms with Gasteiger partial charge in [0.25, 0.3) is 0 Å². The van der Waals surface area contributed by atoms with Gasteiger partial charge in [-0.25, -0.2) is 8.42 Å². The van der Waals surface area contributed by atoms with Gasteiger partial charge in [-0.1, -0.05) is 48.7 Å². The van der Waals surface area contributed by atoms with Crippen LogP contribution in [-0.2, 0) is 20.0 Å². The molecule has 0 aromatic heterocycles. The topological polar surface area (TPSA) is 63.2 Å². The summed E-state index contributed by atoms with van der Waals surface area (Å²) in [5, 5.41) is 3.49. The minimum atomic E-state index is -3.42. The average molecular weight is 378 g/mol. The first-order valence-electron chi connectivity index (χ1n) is 8.19. The monoisotopic (exact) mass is 377 g/mol. The molecule has 6 heteroatoms. The highest BCUT2D eigenvalue weighted by Crippen LogP contribution is 2.42. The molecule has 0 atom stereocenters. The van der Waals surface area contributed by atoms with E-state index in [0.29, 0.717) is 10.7 Å². The summed E-state index contributed by atoms with van der Waals surface area (Å²) in [7, 11) is -3.42. The van der Waals surface area contributed by atoms with Gasteiger partial charge in [0.05, 0.1) is 16.0 Å². The summed E-state index contributed by atoms with van der Waals surface area (Å²) in [6, 6.07) is 13.8. The lowest BCUT2D eigenvalue weighted by Gasteiger charge is -2.28. The minimum absolute atomic E-state index is 0.132. The van der Waals surface area contributed by atoms with Crippen LogP contribution in [0.2, 0.25) is 5.02 Å². The van der Waals surface area contributed by atoms with Crippen LogP contribution in [0.5, 0.6) is 0 Å². The van der Waals surface area contributed by atoms with Crippen molar-refractivity contribution in [2.45, 2.75) is 36.0 Å². The number of nitrogens with one attached hydrogen (secondary N) is 1. The quantitative estimate of drug-likeness (QED) is 0.868. The molecular weight excluding hydrogens is 358 g/mol. The molecule has 4 nitrogen and oxygen atoms in total. The zero-order valence-electron chi connectivity index (χ0n) is 14.0. The summed E-state index contributed by atoms with van der Waals surface area (Å²) in [6.07, 6.45) is 4.54. The van der Waals surface area contributed by atoms with E-state index in [1.165, 1.54) is 6.07 Å². The van der Waals surface area contributed by atoms with Gasteiger partial charge in [-0.05, 0) is 42.7 Å². The van der Waals surface area contributed by atoms with Gasteiger partial charge < -0.3 is 5.32 Å². The third kappa shape index (κ3) is 3.58. The highest BCUT2D eigenvalue weighted by molar-refractivity contribution is 7.90. The molecule has 0 unspecified atom stereocenters. The predicted octanol–water partition coefficient (Wildman–Crippen LogP) is 4.19. The molecule has 2 aromatic rings. The zero-order chi connectivity index (χ0) is 18.1. The zero-order valence-corrected chi connectivity index (χ0v) is 15.5. The number of sulfone groups is 1. The van der Waals surface area contributed by atoms with E-state index in [1.54, 1.807) is 30.3 Å². The normalized spacial score (nSPS) is 16.6. The summed E-state index contributed by atoms with van der Waals surface area (Å²) < 4.78 is 24.0. The lowest BCUT2D eigenvalue weighted by Crippen LogP contribution is -2.38. The summed E-state index contributed by atoms with van der Waals surface area (Å²) in [4.78, 5) is 13.3. The highest BCUT2D eigenvalue weighted by atomic mass is 35.5. The maximum absolute atomic E-state index is 13.2. The van der Waals surface area contributed by atoms with Crippen LogP contribution in [0, 0.1) is 0 Å². The first kappa shape index (κ1) is 18.0. The van der Waals surface area contributed by atoms with Crippen molar-refractivity contribution in [2.75, 3.05) is 11.6 Å². The number of hydrogen-bond acceptors (Lipinski definition) is 3. The maximum atomic E-state index is 13.2. The SMILES string of the molecule is CS(=O)(=O)c1ccccc1NC(=O)C1(c2ccc(Cl)cc2)CCCC1. The van der Waals surface area contributed by atoms with Gasteiger partial charge in [0.1, 0.15) is 0 Å². The van der Waals surface area contributed by atoms with Crippen molar-refractivity contribution in [1.29, 1.82) is 0 Å². The Morgan fingerprint density at radius 1 is 1.04 bits per heavy atom. The van der Waals surface area contributed by atoms with Crippen molar-refractivity contribution in [3.8, 4) is 0 Å². The molecule has 1 N–H and O–H groups in total. The maximum Gasteiger partial charge on any atom is 0.235 e. The fourth-order valence-corrected chi connectivity index (χ4v) is 4.50. The molecule has 1 fully saturated rings. The van der Waals surface area contributed by atoms with Gasteiger partial charge in [-0.3, -0.25) is 4.79 Å². The molecule has 0 spiro atoms. The van der Waals surface area contributed by atoms with Crippen LogP contribution < -0.4 is 5.32 Å². The Hall–Kier alpha value is -1.85. The largest absolute Gasteiger partial charge is 0.324 e. The molecule has 0 radical (unpaired) electrons. The standard InChI is InChI=1S/C19H20ClNO3S/c1-25(23,24)17-7-3-2-6-16(17)21-18(22)19(12-4-5-13-19)14-8-10-15(20)11-9-14/h2-3,6-11H,4-5,12-13H2,1H3,(H,21,22). The molecule has 25 heavy (non-hydrogen) atoms. The molecule has 1 aliphatic carbocycles. The van der Waals surface area contributed by atoms with Gasteiger partial charge in [0.2, 0.25) is 5.91 Å². The molecule has 1 aliphatic rings. The van der Waals surface area contributed by atoms with E-state index in [0.717, 1.165) is 37.5 Å². The number of hydrogen-bond donors (Lipinski definition) is 1. The molecule has 0 heterocycles. The lowest BCUT2D eigenvalue weighted by molar-refractivity contribution is -0.121. The molecule has 1 amide bonds. The number of amides is 1. The average Bonchev–Trinajstić information content (AvgIpc) is 3.06. The van der Waals surface area contributed by atoms with E-state index in [1.807, 2.05) is 12.1 Å². The Morgan fingerprint density at radius 2 is 1.64 bits per heavy atom. The molecular formula is C19H20ClNO3S. The summed E-state index contributed by atoms with van der Waals surface area (Å²) in [5.41, 5.74) is 0.605.